The van der Waals surface area contributed by atoms with Crippen LogP contribution in [0.3, 0.4) is 0 Å². The summed E-state index contributed by atoms with van der Waals surface area (Å²) in [5.74, 6) is 0.112. The second-order valence-electron chi connectivity index (χ2n) is 5.20. The molecule has 0 spiro atoms. The van der Waals surface area contributed by atoms with E-state index in [0.717, 1.165) is 30.0 Å². The molecule has 0 amide bonds. The number of carbonyl (C=O) groups is 1. The molecule has 1 aliphatic heterocycles. The fourth-order valence-electron chi connectivity index (χ4n) is 2.65. The van der Waals surface area contributed by atoms with Crippen LogP contribution < -0.4 is 10.2 Å². The van der Waals surface area contributed by atoms with Crippen LogP contribution in [0.15, 0.2) is 42.5 Å². The summed E-state index contributed by atoms with van der Waals surface area (Å²) in [6, 6.07) is 14.3. The predicted octanol–water partition coefficient (Wildman–Crippen LogP) is 3.45. The molecule has 1 heterocycles. The lowest BCUT2D eigenvalue weighted by molar-refractivity contribution is 0.101. The van der Waals surface area contributed by atoms with Crippen molar-refractivity contribution in [3.8, 4) is 0 Å². The van der Waals surface area contributed by atoms with Gasteiger partial charge in [-0.1, -0.05) is 18.2 Å². The lowest BCUT2D eigenvalue weighted by atomic mass is 10.1. The van der Waals surface area contributed by atoms with E-state index in [2.05, 4.69) is 34.5 Å². The number of benzene rings is 2. The van der Waals surface area contributed by atoms with Crippen LogP contribution in [0.5, 0.6) is 0 Å². The molecular formula is C17H18N2O. The van der Waals surface area contributed by atoms with Crippen molar-refractivity contribution in [3.05, 3.63) is 59.2 Å². The largest absolute Gasteiger partial charge is 0.388 e. The molecule has 0 aromatic heterocycles. The van der Waals surface area contributed by atoms with Gasteiger partial charge in [0.1, 0.15) is 0 Å². The normalized spacial score (nSPS) is 13.2. The van der Waals surface area contributed by atoms with Gasteiger partial charge >= 0.3 is 0 Å². The summed E-state index contributed by atoms with van der Waals surface area (Å²) >= 11 is 0. The van der Waals surface area contributed by atoms with Crippen molar-refractivity contribution in [2.24, 2.45) is 0 Å². The Balaban J connectivity index is 1.88. The Hall–Kier alpha value is -2.29. The van der Waals surface area contributed by atoms with Crippen LogP contribution >= 0.6 is 0 Å². The van der Waals surface area contributed by atoms with E-state index in [1.165, 1.54) is 11.1 Å². The van der Waals surface area contributed by atoms with Crippen LogP contribution in [0, 0.1) is 0 Å². The smallest absolute Gasteiger partial charge is 0.159 e. The number of carbonyl (C=O) groups excluding carboxylic acids is 1. The van der Waals surface area contributed by atoms with Gasteiger partial charge in [0.2, 0.25) is 0 Å². The number of Topliss-reactive ketones (excluding diaryl/α,β-unsaturated/α-hetero) is 1. The first-order valence-electron chi connectivity index (χ1n) is 6.83. The molecule has 3 nitrogen and oxygen atoms in total. The summed E-state index contributed by atoms with van der Waals surface area (Å²) in [6.45, 7) is 3.41. The highest BCUT2D eigenvalue weighted by Crippen LogP contribution is 2.30. The van der Waals surface area contributed by atoms with Crippen molar-refractivity contribution < 1.29 is 4.79 Å². The molecule has 0 saturated carbocycles. The molecule has 0 radical (unpaired) electrons. The van der Waals surface area contributed by atoms with Gasteiger partial charge in [0.05, 0.1) is 0 Å². The van der Waals surface area contributed by atoms with Gasteiger partial charge in [-0.3, -0.25) is 4.79 Å². The van der Waals surface area contributed by atoms with Gasteiger partial charge in [-0.2, -0.15) is 0 Å². The Morgan fingerprint density at radius 3 is 2.65 bits per heavy atom. The number of anilines is 2. The average Bonchev–Trinajstić information content (AvgIpc) is 2.90. The Labute approximate surface area is 119 Å². The molecule has 3 heteroatoms. The summed E-state index contributed by atoms with van der Waals surface area (Å²) in [5, 5.41) is 3.17. The van der Waals surface area contributed by atoms with Gasteiger partial charge in [-0.05, 0) is 42.3 Å². The molecule has 0 bridgehead atoms. The summed E-state index contributed by atoms with van der Waals surface area (Å²) < 4.78 is 0. The molecule has 2 aromatic rings. The minimum atomic E-state index is 0.112. The molecule has 0 unspecified atom stereocenters. The van der Waals surface area contributed by atoms with Crippen molar-refractivity contribution in [1.82, 2.24) is 0 Å². The molecular weight excluding hydrogens is 248 g/mol. The van der Waals surface area contributed by atoms with Gasteiger partial charge < -0.3 is 10.2 Å². The minimum absolute atomic E-state index is 0.112. The van der Waals surface area contributed by atoms with E-state index in [0.29, 0.717) is 0 Å². The number of hydrogen-bond acceptors (Lipinski definition) is 3. The summed E-state index contributed by atoms with van der Waals surface area (Å²) in [4.78, 5) is 13.8. The Morgan fingerprint density at radius 1 is 1.10 bits per heavy atom. The highest BCUT2D eigenvalue weighted by atomic mass is 16.1. The van der Waals surface area contributed by atoms with Crippen LogP contribution in [0.4, 0.5) is 11.4 Å². The molecule has 1 N–H and O–H groups in total. The van der Waals surface area contributed by atoms with E-state index in [-0.39, 0.29) is 5.78 Å². The van der Waals surface area contributed by atoms with Gasteiger partial charge in [0.25, 0.3) is 0 Å². The number of ketones is 1. The number of hydrogen-bond donors (Lipinski definition) is 1. The van der Waals surface area contributed by atoms with Crippen molar-refractivity contribution in [1.29, 1.82) is 0 Å². The zero-order valence-electron chi connectivity index (χ0n) is 11.8. The highest BCUT2D eigenvalue weighted by molar-refractivity contribution is 5.95. The summed E-state index contributed by atoms with van der Waals surface area (Å²) in [5.41, 5.74) is 5.74. The molecule has 0 aliphatic carbocycles. The topological polar surface area (TPSA) is 32.3 Å². The lowest BCUT2D eigenvalue weighted by Crippen LogP contribution is -2.14. The van der Waals surface area contributed by atoms with E-state index in [1.807, 2.05) is 25.2 Å². The first-order valence-corrected chi connectivity index (χ1v) is 6.83. The summed E-state index contributed by atoms with van der Waals surface area (Å²) in [7, 11) is 1.94. The van der Waals surface area contributed by atoms with E-state index < -0.39 is 0 Å². The van der Waals surface area contributed by atoms with Crippen LogP contribution in [0.2, 0.25) is 0 Å². The number of nitrogens with one attached hydrogen (secondary N) is 1. The molecule has 102 valence electrons. The van der Waals surface area contributed by atoms with Crippen LogP contribution in [-0.4, -0.2) is 12.8 Å². The number of fused-ring (bicyclic) bond motifs is 1. The zero-order chi connectivity index (χ0) is 14.1. The van der Waals surface area contributed by atoms with Gasteiger partial charge in [0.15, 0.2) is 5.78 Å². The van der Waals surface area contributed by atoms with Gasteiger partial charge in [-0.15, -0.1) is 0 Å². The standard InChI is InChI=1S/C17H18N2O/c1-12(20)13-4-3-5-17(9-13)19-10-14-6-7-16(18-2)8-15(14)11-19/h3-9,18H,10-11H2,1-2H3. The molecule has 0 fully saturated rings. The summed E-state index contributed by atoms with van der Waals surface area (Å²) in [6.07, 6.45) is 0. The van der Waals surface area contributed by atoms with E-state index in [9.17, 15) is 4.79 Å². The first kappa shape index (κ1) is 12.7. The van der Waals surface area contributed by atoms with E-state index in [4.69, 9.17) is 0 Å². The second-order valence-corrected chi connectivity index (χ2v) is 5.20. The van der Waals surface area contributed by atoms with Gasteiger partial charge in [0, 0.05) is 37.1 Å². The Morgan fingerprint density at radius 2 is 1.90 bits per heavy atom. The van der Waals surface area contributed by atoms with Crippen LogP contribution in [0.25, 0.3) is 0 Å². The maximum absolute atomic E-state index is 11.5. The molecule has 2 aromatic carbocycles. The molecule has 0 atom stereocenters. The molecule has 0 saturated heterocycles. The zero-order valence-corrected chi connectivity index (χ0v) is 11.8. The quantitative estimate of drug-likeness (QED) is 0.864. The number of nitrogens with zero attached hydrogens (tertiary/aromatic N) is 1. The molecule has 20 heavy (non-hydrogen) atoms. The van der Waals surface area contributed by atoms with Crippen molar-refractivity contribution >= 4 is 17.2 Å². The number of rotatable bonds is 3. The third-order valence-electron chi connectivity index (χ3n) is 3.84. The first-order chi connectivity index (χ1) is 9.67. The van der Waals surface area contributed by atoms with Crippen LogP contribution in [-0.2, 0) is 13.1 Å². The predicted molar refractivity (Wildman–Crippen MR) is 82.3 cm³/mol. The van der Waals surface area contributed by atoms with Crippen molar-refractivity contribution in [3.63, 3.8) is 0 Å². The molecule has 1 aliphatic rings. The third kappa shape index (κ3) is 2.27. The van der Waals surface area contributed by atoms with Crippen molar-refractivity contribution in [2.75, 3.05) is 17.3 Å². The minimum Gasteiger partial charge on any atom is -0.388 e. The highest BCUT2D eigenvalue weighted by Gasteiger charge is 2.19. The maximum atomic E-state index is 11.5. The van der Waals surface area contributed by atoms with Crippen molar-refractivity contribution in [2.45, 2.75) is 20.0 Å². The van der Waals surface area contributed by atoms with E-state index >= 15 is 0 Å². The van der Waals surface area contributed by atoms with Crippen LogP contribution in [0.1, 0.15) is 28.4 Å². The Kier molecular flexibility index (Phi) is 3.18. The fraction of sp³-hybridized carbons (Fsp3) is 0.235. The average molecular weight is 266 g/mol. The van der Waals surface area contributed by atoms with E-state index in [1.54, 1.807) is 6.92 Å². The third-order valence-corrected chi connectivity index (χ3v) is 3.84. The molecule has 3 rings (SSSR count). The SMILES string of the molecule is CNc1ccc2c(c1)CN(c1cccc(C(C)=O)c1)C2. The Bertz CT molecular complexity index is 664. The monoisotopic (exact) mass is 266 g/mol. The lowest BCUT2D eigenvalue weighted by Gasteiger charge is -2.18. The second kappa shape index (κ2) is 5.00. The van der Waals surface area contributed by atoms with Gasteiger partial charge in [-0.25, -0.2) is 0 Å². The fourth-order valence-corrected chi connectivity index (χ4v) is 2.65. The maximum Gasteiger partial charge on any atom is 0.159 e.